The molecule has 1 nitrogen and oxygen atoms in total. The van der Waals surface area contributed by atoms with E-state index in [4.69, 9.17) is 0 Å². The normalized spacial score (nSPS) is 11.5. The Bertz CT molecular complexity index is 327. The smallest absolute Gasteiger partial charge is 0.376 e. The Labute approximate surface area is 101 Å². The Morgan fingerprint density at radius 2 is 2.00 bits per heavy atom. The number of alkyl halides is 3. The lowest BCUT2D eigenvalue weighted by Crippen LogP contribution is -2.21. The Morgan fingerprint density at radius 1 is 1.36 bits per heavy atom. The van der Waals surface area contributed by atoms with Gasteiger partial charge in [0.1, 0.15) is 6.54 Å². The van der Waals surface area contributed by atoms with Crippen LogP contribution in [0.25, 0.3) is 0 Å². The molecule has 0 aliphatic rings. The van der Waals surface area contributed by atoms with Crippen molar-refractivity contribution in [2.24, 2.45) is 0 Å². The van der Waals surface area contributed by atoms with Gasteiger partial charge in [-0.25, -0.2) is 0 Å². The summed E-state index contributed by atoms with van der Waals surface area (Å²) >= 11 is 5.21. The van der Waals surface area contributed by atoms with Crippen LogP contribution >= 0.6 is 38.5 Å². The summed E-state index contributed by atoms with van der Waals surface area (Å²) in [4.78, 5) is 0. The zero-order chi connectivity index (χ0) is 10.8. The molecule has 1 rings (SSSR count). The minimum atomic E-state index is -4.18. The molecule has 1 N–H and O–H groups in total. The van der Waals surface area contributed by atoms with E-state index in [1.54, 1.807) is 18.2 Å². The van der Waals surface area contributed by atoms with E-state index in [1.165, 1.54) is 0 Å². The summed E-state index contributed by atoms with van der Waals surface area (Å²) in [6.07, 6.45) is -4.18. The van der Waals surface area contributed by atoms with Gasteiger partial charge in [0.05, 0.1) is 0 Å². The van der Waals surface area contributed by atoms with Crippen molar-refractivity contribution < 1.29 is 13.2 Å². The summed E-state index contributed by atoms with van der Waals surface area (Å²) in [6, 6.07) is 5.05. The quantitative estimate of drug-likeness (QED) is 0.765. The highest BCUT2D eigenvalue weighted by Gasteiger charge is 2.26. The van der Waals surface area contributed by atoms with Crippen molar-refractivity contribution in [1.29, 1.82) is 0 Å². The SMILES string of the molecule is FC(F)(F)CNc1ccc(Br)cc1I. The fourth-order valence-electron chi connectivity index (χ4n) is 0.828. The molecule has 0 saturated heterocycles. The van der Waals surface area contributed by atoms with Crippen molar-refractivity contribution in [3.8, 4) is 0 Å². The molecule has 0 saturated carbocycles. The summed E-state index contributed by atoms with van der Waals surface area (Å²) in [5.41, 5.74) is 0.492. The van der Waals surface area contributed by atoms with Crippen molar-refractivity contribution in [3.63, 3.8) is 0 Å². The Morgan fingerprint density at radius 3 is 2.50 bits per heavy atom. The first kappa shape index (κ1) is 12.1. The molecule has 78 valence electrons. The van der Waals surface area contributed by atoms with E-state index < -0.39 is 12.7 Å². The second-order valence-corrected chi connectivity index (χ2v) is 4.67. The van der Waals surface area contributed by atoms with Crippen LogP contribution in [-0.4, -0.2) is 12.7 Å². The van der Waals surface area contributed by atoms with Crippen LogP contribution in [0.4, 0.5) is 18.9 Å². The maximum absolute atomic E-state index is 11.9. The van der Waals surface area contributed by atoms with Crippen LogP contribution < -0.4 is 5.32 Å². The monoisotopic (exact) mass is 379 g/mol. The van der Waals surface area contributed by atoms with E-state index >= 15 is 0 Å². The van der Waals surface area contributed by atoms with Gasteiger partial charge in [0.2, 0.25) is 0 Å². The van der Waals surface area contributed by atoms with Gasteiger partial charge < -0.3 is 5.32 Å². The first-order chi connectivity index (χ1) is 6.38. The van der Waals surface area contributed by atoms with Crippen molar-refractivity contribution in [2.45, 2.75) is 6.18 Å². The molecule has 0 atom stereocenters. The molecular formula is C8H6BrF3IN. The third kappa shape index (κ3) is 4.04. The maximum atomic E-state index is 11.9. The summed E-state index contributed by atoms with van der Waals surface area (Å²) in [5.74, 6) is 0. The number of rotatable bonds is 2. The molecule has 0 heterocycles. The molecule has 0 aliphatic carbocycles. The van der Waals surface area contributed by atoms with Gasteiger partial charge >= 0.3 is 6.18 Å². The van der Waals surface area contributed by atoms with Crippen LogP contribution in [0.2, 0.25) is 0 Å². The third-order valence-electron chi connectivity index (χ3n) is 1.41. The molecule has 0 aliphatic heterocycles. The van der Waals surface area contributed by atoms with Crippen LogP contribution in [-0.2, 0) is 0 Å². The van der Waals surface area contributed by atoms with Gasteiger partial charge in [-0.3, -0.25) is 0 Å². The van der Waals surface area contributed by atoms with Gasteiger partial charge in [0.15, 0.2) is 0 Å². The summed E-state index contributed by atoms with van der Waals surface area (Å²) in [5, 5.41) is 2.33. The largest absolute Gasteiger partial charge is 0.405 e. The summed E-state index contributed by atoms with van der Waals surface area (Å²) in [7, 11) is 0. The molecule has 0 amide bonds. The van der Waals surface area contributed by atoms with E-state index in [2.05, 4.69) is 21.2 Å². The second kappa shape index (κ2) is 4.69. The Kier molecular flexibility index (Phi) is 4.05. The number of anilines is 1. The number of hydrogen-bond donors (Lipinski definition) is 1. The van der Waals surface area contributed by atoms with Crippen LogP contribution in [0, 0.1) is 3.57 Å². The van der Waals surface area contributed by atoms with E-state index in [9.17, 15) is 13.2 Å². The standard InChI is InChI=1S/C8H6BrF3IN/c9-5-1-2-7(6(13)3-5)14-4-8(10,11)12/h1-3,14H,4H2. The van der Waals surface area contributed by atoms with E-state index in [0.29, 0.717) is 5.69 Å². The fraction of sp³-hybridized carbons (Fsp3) is 0.250. The second-order valence-electron chi connectivity index (χ2n) is 2.59. The average molecular weight is 380 g/mol. The van der Waals surface area contributed by atoms with Crippen molar-refractivity contribution >= 4 is 44.2 Å². The van der Waals surface area contributed by atoms with Crippen molar-refractivity contribution in [2.75, 3.05) is 11.9 Å². The first-order valence-electron chi connectivity index (χ1n) is 3.64. The minimum absolute atomic E-state index is 0.492. The van der Waals surface area contributed by atoms with Crippen LogP contribution in [0.3, 0.4) is 0 Å². The van der Waals surface area contributed by atoms with Crippen molar-refractivity contribution in [1.82, 2.24) is 0 Å². The van der Waals surface area contributed by atoms with E-state index in [1.807, 2.05) is 22.6 Å². The number of halogens is 5. The molecule has 0 radical (unpaired) electrons. The molecule has 0 aromatic heterocycles. The molecule has 1 aromatic carbocycles. The van der Waals surface area contributed by atoms with Crippen LogP contribution in [0.1, 0.15) is 0 Å². The summed E-state index contributed by atoms with van der Waals surface area (Å²) < 4.78 is 37.2. The summed E-state index contributed by atoms with van der Waals surface area (Å²) in [6.45, 7) is -1.01. The fourth-order valence-corrected chi connectivity index (χ4v) is 2.32. The molecule has 0 unspecified atom stereocenters. The van der Waals surface area contributed by atoms with Crippen molar-refractivity contribution in [3.05, 3.63) is 26.2 Å². The lowest BCUT2D eigenvalue weighted by molar-refractivity contribution is -0.115. The zero-order valence-corrected chi connectivity index (χ0v) is 10.6. The molecule has 14 heavy (non-hydrogen) atoms. The average Bonchev–Trinajstić information content (AvgIpc) is 2.00. The van der Waals surface area contributed by atoms with E-state index in [0.717, 1.165) is 8.04 Å². The highest BCUT2D eigenvalue weighted by molar-refractivity contribution is 14.1. The zero-order valence-electron chi connectivity index (χ0n) is 6.83. The van der Waals surface area contributed by atoms with Gasteiger partial charge in [0, 0.05) is 13.7 Å². The highest BCUT2D eigenvalue weighted by Crippen LogP contribution is 2.24. The van der Waals surface area contributed by atoms with Gasteiger partial charge in [0.25, 0.3) is 0 Å². The van der Waals surface area contributed by atoms with Crippen LogP contribution in [0.5, 0.6) is 0 Å². The first-order valence-corrected chi connectivity index (χ1v) is 5.51. The number of hydrogen-bond acceptors (Lipinski definition) is 1. The molecule has 0 bridgehead atoms. The van der Waals surface area contributed by atoms with E-state index in [-0.39, 0.29) is 0 Å². The predicted octanol–water partition coefficient (Wildman–Crippen LogP) is 4.03. The maximum Gasteiger partial charge on any atom is 0.405 e. The van der Waals surface area contributed by atoms with Gasteiger partial charge in [-0.15, -0.1) is 0 Å². The van der Waals surface area contributed by atoms with Crippen LogP contribution in [0.15, 0.2) is 22.7 Å². The number of benzene rings is 1. The molecular weight excluding hydrogens is 374 g/mol. The molecule has 6 heteroatoms. The van der Waals surface area contributed by atoms with Gasteiger partial charge in [-0.05, 0) is 40.8 Å². The lowest BCUT2D eigenvalue weighted by Gasteiger charge is -2.10. The van der Waals surface area contributed by atoms with Gasteiger partial charge in [-0.1, -0.05) is 15.9 Å². The number of nitrogens with one attached hydrogen (secondary N) is 1. The molecule has 0 spiro atoms. The lowest BCUT2D eigenvalue weighted by atomic mass is 10.3. The topological polar surface area (TPSA) is 12.0 Å². The predicted molar refractivity (Wildman–Crippen MR) is 61.4 cm³/mol. The third-order valence-corrected chi connectivity index (χ3v) is 2.80. The highest BCUT2D eigenvalue weighted by atomic mass is 127. The molecule has 1 aromatic rings. The molecule has 0 fully saturated rings. The Hall–Kier alpha value is 0.0200. The Balaban J connectivity index is 2.68. The van der Waals surface area contributed by atoms with Gasteiger partial charge in [-0.2, -0.15) is 13.2 Å². The minimum Gasteiger partial charge on any atom is -0.376 e.